The number of benzene rings is 1. The van der Waals surface area contributed by atoms with Gasteiger partial charge >= 0.3 is 12.1 Å². The van der Waals surface area contributed by atoms with E-state index in [1.165, 1.54) is 19.2 Å². The predicted octanol–water partition coefficient (Wildman–Crippen LogP) is 3.76. The Morgan fingerprint density at radius 1 is 1.33 bits per heavy atom. The van der Waals surface area contributed by atoms with E-state index >= 15 is 0 Å². The lowest BCUT2D eigenvalue weighted by atomic mass is 9.89. The number of esters is 1. The monoisotopic (exact) mass is 260 g/mol. The minimum Gasteiger partial charge on any atom is -0.469 e. The Bertz CT molecular complexity index is 413. The first kappa shape index (κ1) is 14.5. The number of carbonyl (C=O) groups excluding carboxylic acids is 1. The lowest BCUT2D eigenvalue weighted by Crippen LogP contribution is -2.14. The lowest BCUT2D eigenvalue weighted by Gasteiger charge is -2.19. The quantitative estimate of drug-likeness (QED) is 0.770. The number of ether oxygens (including phenoxy) is 1. The third kappa shape index (κ3) is 3.48. The second-order valence-corrected chi connectivity index (χ2v) is 3.97. The second-order valence-electron chi connectivity index (χ2n) is 3.97. The summed E-state index contributed by atoms with van der Waals surface area (Å²) in [5.41, 5.74) is -0.529. The van der Waals surface area contributed by atoms with Gasteiger partial charge in [0.25, 0.3) is 0 Å². The van der Waals surface area contributed by atoms with Crippen molar-refractivity contribution in [3.63, 3.8) is 0 Å². The molecule has 0 amide bonds. The molecule has 0 bridgehead atoms. The number of alkyl halides is 3. The summed E-state index contributed by atoms with van der Waals surface area (Å²) in [6.07, 6.45) is -4.00. The highest BCUT2D eigenvalue weighted by Gasteiger charge is 2.34. The molecule has 0 N–H and O–H groups in total. The standard InChI is InChI=1S/C13H15F3O2/c1-3-9(8-12(17)18-2)10-6-4-5-7-11(10)13(14,15)16/h4-7,9H,3,8H2,1-2H3/t9-/m0/s1. The fraction of sp³-hybridized carbons (Fsp3) is 0.462. The highest BCUT2D eigenvalue weighted by atomic mass is 19.4. The van der Waals surface area contributed by atoms with Crippen molar-refractivity contribution in [3.8, 4) is 0 Å². The molecule has 0 aliphatic carbocycles. The van der Waals surface area contributed by atoms with Gasteiger partial charge in [0.05, 0.1) is 19.1 Å². The molecule has 0 spiro atoms. The molecular weight excluding hydrogens is 245 g/mol. The molecule has 100 valence electrons. The summed E-state index contributed by atoms with van der Waals surface area (Å²) in [6, 6.07) is 5.34. The Labute approximate surface area is 104 Å². The van der Waals surface area contributed by atoms with Gasteiger partial charge in [0, 0.05) is 0 Å². The van der Waals surface area contributed by atoms with Crippen molar-refractivity contribution in [2.45, 2.75) is 31.9 Å². The van der Waals surface area contributed by atoms with Crippen LogP contribution < -0.4 is 0 Å². The molecule has 18 heavy (non-hydrogen) atoms. The van der Waals surface area contributed by atoms with Gasteiger partial charge in [-0.25, -0.2) is 0 Å². The average Bonchev–Trinajstić information content (AvgIpc) is 2.34. The van der Waals surface area contributed by atoms with Gasteiger partial charge in [-0.3, -0.25) is 4.79 Å². The van der Waals surface area contributed by atoms with Crippen molar-refractivity contribution in [2.24, 2.45) is 0 Å². The summed E-state index contributed by atoms with van der Waals surface area (Å²) in [5.74, 6) is -0.978. The van der Waals surface area contributed by atoms with Gasteiger partial charge in [0.1, 0.15) is 0 Å². The molecular formula is C13H15F3O2. The molecule has 1 rings (SSSR count). The van der Waals surface area contributed by atoms with Gasteiger partial charge in [-0.2, -0.15) is 13.2 Å². The average molecular weight is 260 g/mol. The molecule has 0 fully saturated rings. The molecule has 1 atom stereocenters. The molecule has 0 aliphatic heterocycles. The molecule has 0 heterocycles. The van der Waals surface area contributed by atoms with Crippen LogP contribution in [0.1, 0.15) is 36.8 Å². The fourth-order valence-corrected chi connectivity index (χ4v) is 1.87. The largest absolute Gasteiger partial charge is 0.469 e. The topological polar surface area (TPSA) is 26.3 Å². The van der Waals surface area contributed by atoms with Crippen LogP contribution in [0.4, 0.5) is 13.2 Å². The van der Waals surface area contributed by atoms with E-state index in [1.54, 1.807) is 13.0 Å². The first-order chi connectivity index (χ1) is 8.40. The smallest absolute Gasteiger partial charge is 0.416 e. The molecule has 5 heteroatoms. The molecule has 0 radical (unpaired) electrons. The zero-order valence-electron chi connectivity index (χ0n) is 10.3. The first-order valence-electron chi connectivity index (χ1n) is 5.63. The maximum atomic E-state index is 12.8. The number of halogens is 3. The third-order valence-corrected chi connectivity index (χ3v) is 2.84. The van der Waals surface area contributed by atoms with Gasteiger partial charge in [-0.1, -0.05) is 25.1 Å². The van der Waals surface area contributed by atoms with E-state index in [4.69, 9.17) is 0 Å². The van der Waals surface area contributed by atoms with E-state index in [1.807, 2.05) is 0 Å². The maximum absolute atomic E-state index is 12.8. The minimum atomic E-state index is -4.40. The van der Waals surface area contributed by atoms with Crippen LogP contribution in [0.25, 0.3) is 0 Å². The van der Waals surface area contributed by atoms with Crippen LogP contribution in [0.15, 0.2) is 24.3 Å². The van der Waals surface area contributed by atoms with E-state index in [0.717, 1.165) is 6.07 Å². The number of hydrogen-bond acceptors (Lipinski definition) is 2. The number of rotatable bonds is 4. The van der Waals surface area contributed by atoms with Gasteiger partial charge in [0.2, 0.25) is 0 Å². The zero-order valence-corrected chi connectivity index (χ0v) is 10.3. The number of carbonyl (C=O) groups is 1. The fourth-order valence-electron chi connectivity index (χ4n) is 1.87. The van der Waals surface area contributed by atoms with E-state index in [-0.39, 0.29) is 12.0 Å². The Morgan fingerprint density at radius 3 is 2.44 bits per heavy atom. The highest BCUT2D eigenvalue weighted by Crippen LogP contribution is 2.37. The molecule has 1 aromatic rings. The van der Waals surface area contributed by atoms with Crippen LogP contribution in [-0.4, -0.2) is 13.1 Å². The van der Waals surface area contributed by atoms with Crippen molar-refractivity contribution < 1.29 is 22.7 Å². The Kier molecular flexibility index (Phi) is 4.76. The van der Waals surface area contributed by atoms with E-state index < -0.39 is 23.6 Å². The summed E-state index contributed by atoms with van der Waals surface area (Å²) in [5, 5.41) is 0. The summed E-state index contributed by atoms with van der Waals surface area (Å²) in [7, 11) is 1.23. The minimum absolute atomic E-state index is 0.0416. The Morgan fingerprint density at radius 2 is 1.94 bits per heavy atom. The Hall–Kier alpha value is -1.52. The van der Waals surface area contributed by atoms with Crippen LogP contribution in [0.5, 0.6) is 0 Å². The van der Waals surface area contributed by atoms with Crippen LogP contribution in [-0.2, 0) is 15.7 Å². The van der Waals surface area contributed by atoms with Gasteiger partial charge in [0.15, 0.2) is 0 Å². The maximum Gasteiger partial charge on any atom is 0.416 e. The van der Waals surface area contributed by atoms with Gasteiger partial charge in [-0.05, 0) is 24.0 Å². The van der Waals surface area contributed by atoms with E-state index in [0.29, 0.717) is 6.42 Å². The molecule has 2 nitrogen and oxygen atoms in total. The number of methoxy groups -OCH3 is 1. The summed E-state index contributed by atoms with van der Waals surface area (Å²) >= 11 is 0. The first-order valence-corrected chi connectivity index (χ1v) is 5.63. The van der Waals surface area contributed by atoms with Crippen molar-refractivity contribution in [1.82, 2.24) is 0 Å². The Balaban J connectivity index is 3.10. The lowest BCUT2D eigenvalue weighted by molar-refractivity contribution is -0.142. The zero-order chi connectivity index (χ0) is 13.8. The van der Waals surface area contributed by atoms with Gasteiger partial charge in [-0.15, -0.1) is 0 Å². The molecule has 1 aromatic carbocycles. The normalized spacial score (nSPS) is 13.2. The molecule has 0 saturated carbocycles. The van der Waals surface area contributed by atoms with E-state index in [9.17, 15) is 18.0 Å². The van der Waals surface area contributed by atoms with Crippen molar-refractivity contribution >= 4 is 5.97 Å². The number of hydrogen-bond donors (Lipinski definition) is 0. The van der Waals surface area contributed by atoms with E-state index in [2.05, 4.69) is 4.74 Å². The van der Waals surface area contributed by atoms with Crippen LogP contribution in [0, 0.1) is 0 Å². The van der Waals surface area contributed by atoms with Crippen LogP contribution >= 0.6 is 0 Å². The van der Waals surface area contributed by atoms with Crippen LogP contribution in [0.2, 0.25) is 0 Å². The van der Waals surface area contributed by atoms with Crippen molar-refractivity contribution in [3.05, 3.63) is 35.4 Å². The summed E-state index contributed by atoms with van der Waals surface area (Å²) < 4.78 is 43.1. The SMILES string of the molecule is CC[C@@H](CC(=O)OC)c1ccccc1C(F)(F)F. The second kappa shape index (κ2) is 5.89. The molecule has 0 aromatic heterocycles. The highest BCUT2D eigenvalue weighted by molar-refractivity contribution is 5.70. The molecule has 0 saturated heterocycles. The van der Waals surface area contributed by atoms with Crippen molar-refractivity contribution in [2.75, 3.05) is 7.11 Å². The molecule has 0 unspecified atom stereocenters. The summed E-state index contributed by atoms with van der Waals surface area (Å²) in [4.78, 5) is 11.2. The van der Waals surface area contributed by atoms with Gasteiger partial charge < -0.3 is 4.74 Å². The predicted molar refractivity (Wildman–Crippen MR) is 61.1 cm³/mol. The summed E-state index contributed by atoms with van der Waals surface area (Å²) in [6.45, 7) is 1.75. The van der Waals surface area contributed by atoms with Crippen LogP contribution in [0.3, 0.4) is 0 Å². The third-order valence-electron chi connectivity index (χ3n) is 2.84. The van der Waals surface area contributed by atoms with Crippen molar-refractivity contribution in [1.29, 1.82) is 0 Å². The molecule has 0 aliphatic rings.